The summed E-state index contributed by atoms with van der Waals surface area (Å²) in [5.41, 5.74) is 0. The fraction of sp³-hybridized carbons (Fsp3) is 1.00. The van der Waals surface area contributed by atoms with Crippen molar-refractivity contribution in [2.45, 2.75) is 144 Å². The summed E-state index contributed by atoms with van der Waals surface area (Å²) < 4.78 is 2.91. The predicted molar refractivity (Wildman–Crippen MR) is 154 cm³/mol. The molecule has 1 saturated carbocycles. The van der Waals surface area contributed by atoms with Gasteiger partial charge in [0.2, 0.25) is 0 Å². The molecule has 204 valence electrons. The summed E-state index contributed by atoms with van der Waals surface area (Å²) in [5, 5.41) is 0. The second-order valence-corrected chi connectivity index (χ2v) is 12.4. The first kappa shape index (κ1) is 31.9. The lowest BCUT2D eigenvalue weighted by atomic mass is 9.80. The molecule has 1 rings (SSSR count). The van der Waals surface area contributed by atoms with Crippen LogP contribution in [0.5, 0.6) is 0 Å². The minimum atomic E-state index is 0.991. The van der Waals surface area contributed by atoms with E-state index in [0.29, 0.717) is 0 Å². The van der Waals surface area contributed by atoms with Crippen LogP contribution < -0.4 is 0 Å². The van der Waals surface area contributed by atoms with Gasteiger partial charge in [-0.05, 0) is 64.2 Å². The van der Waals surface area contributed by atoms with Gasteiger partial charge in [-0.25, -0.2) is 0 Å². The molecule has 1 aliphatic rings. The Hall–Kier alpha value is -0.0800. The van der Waals surface area contributed by atoms with Gasteiger partial charge in [0.1, 0.15) is 0 Å². The lowest BCUT2D eigenvalue weighted by Gasteiger charge is -2.45. The van der Waals surface area contributed by atoms with E-state index >= 15 is 0 Å². The van der Waals surface area contributed by atoms with E-state index in [1.807, 2.05) is 0 Å². The Morgan fingerprint density at radius 2 is 0.588 bits per heavy atom. The average Bonchev–Trinajstić information content (AvgIpc) is 2.86. The van der Waals surface area contributed by atoms with Crippen LogP contribution >= 0.6 is 0 Å². The Labute approximate surface area is 217 Å². The first-order valence-electron chi connectivity index (χ1n) is 16.2. The smallest absolute Gasteiger partial charge is 0.0815 e. The summed E-state index contributed by atoms with van der Waals surface area (Å²) in [6.07, 6.45) is 22.8. The highest BCUT2D eigenvalue weighted by Crippen LogP contribution is 2.34. The standard InChI is InChI=1S/C32H68N2/c1-7-13-23-33(24-14-8-2,25-15-9-3)29-31-19-21-32(22-20-31)30-34(26-16-10-4,27-17-11-5)28-18-12-6/h31-32H,7-30H2,1-6H3/q+2. The van der Waals surface area contributed by atoms with E-state index < -0.39 is 0 Å². The third-order valence-electron chi connectivity index (χ3n) is 9.17. The molecule has 0 amide bonds. The molecular weight excluding hydrogens is 412 g/mol. The van der Waals surface area contributed by atoms with Crippen LogP contribution in [-0.4, -0.2) is 61.3 Å². The minimum Gasteiger partial charge on any atom is -0.323 e. The van der Waals surface area contributed by atoms with E-state index in [9.17, 15) is 0 Å². The van der Waals surface area contributed by atoms with Crippen molar-refractivity contribution in [2.75, 3.05) is 52.4 Å². The largest absolute Gasteiger partial charge is 0.323 e. The minimum absolute atomic E-state index is 0.991. The second-order valence-electron chi connectivity index (χ2n) is 12.4. The molecule has 0 heterocycles. The Morgan fingerprint density at radius 3 is 0.765 bits per heavy atom. The van der Waals surface area contributed by atoms with E-state index in [1.165, 1.54) is 164 Å². The van der Waals surface area contributed by atoms with Gasteiger partial charge >= 0.3 is 0 Å². The summed E-state index contributed by atoms with van der Waals surface area (Å²) in [6, 6.07) is 0. The number of unbranched alkanes of at least 4 members (excludes halogenated alkanes) is 6. The highest BCUT2D eigenvalue weighted by molar-refractivity contribution is 4.74. The molecule has 0 spiro atoms. The second kappa shape index (κ2) is 19.1. The van der Waals surface area contributed by atoms with Crippen LogP contribution in [0.2, 0.25) is 0 Å². The molecule has 34 heavy (non-hydrogen) atoms. The van der Waals surface area contributed by atoms with Gasteiger partial charge < -0.3 is 8.97 Å². The SMILES string of the molecule is CCCC[N+](CCCC)(CCCC)CC1CCC(C[N+](CCCC)(CCCC)CCCC)CC1. The van der Waals surface area contributed by atoms with Gasteiger partial charge in [-0.15, -0.1) is 0 Å². The van der Waals surface area contributed by atoms with Gasteiger partial charge in [-0.3, -0.25) is 0 Å². The van der Waals surface area contributed by atoms with Crippen LogP contribution in [0, 0.1) is 11.8 Å². The highest BCUT2D eigenvalue weighted by Gasteiger charge is 2.35. The van der Waals surface area contributed by atoms with E-state index in [1.54, 1.807) is 0 Å². The fourth-order valence-electron chi connectivity index (χ4n) is 6.87. The van der Waals surface area contributed by atoms with E-state index in [2.05, 4.69) is 41.5 Å². The molecule has 0 aromatic heterocycles. The van der Waals surface area contributed by atoms with Gasteiger partial charge in [-0.1, -0.05) is 80.1 Å². The summed E-state index contributed by atoms with van der Waals surface area (Å²) >= 11 is 0. The number of nitrogens with zero attached hydrogens (tertiary/aromatic N) is 2. The van der Waals surface area contributed by atoms with Crippen molar-refractivity contribution in [3.63, 3.8) is 0 Å². The zero-order valence-electron chi connectivity index (χ0n) is 25.0. The summed E-state index contributed by atoms with van der Waals surface area (Å²) in [6.45, 7) is 26.0. The van der Waals surface area contributed by atoms with Crippen LogP contribution in [0.25, 0.3) is 0 Å². The molecule has 0 unspecified atom stereocenters. The molecule has 0 aliphatic heterocycles. The van der Waals surface area contributed by atoms with Crippen LogP contribution in [0.1, 0.15) is 144 Å². The maximum Gasteiger partial charge on any atom is 0.0815 e. The third kappa shape index (κ3) is 12.2. The summed E-state index contributed by atoms with van der Waals surface area (Å²) in [5.74, 6) is 1.98. The van der Waals surface area contributed by atoms with E-state index in [0.717, 1.165) is 11.8 Å². The van der Waals surface area contributed by atoms with Crippen LogP contribution in [0.15, 0.2) is 0 Å². The Bertz CT molecular complexity index is 366. The van der Waals surface area contributed by atoms with Crippen molar-refractivity contribution in [1.29, 1.82) is 0 Å². The summed E-state index contributed by atoms with van der Waals surface area (Å²) in [4.78, 5) is 0. The average molecular weight is 481 g/mol. The molecule has 2 heteroatoms. The monoisotopic (exact) mass is 481 g/mol. The molecule has 1 fully saturated rings. The Kier molecular flexibility index (Phi) is 17.9. The molecule has 0 bridgehead atoms. The zero-order chi connectivity index (χ0) is 25.1. The van der Waals surface area contributed by atoms with Crippen LogP contribution in [0.4, 0.5) is 0 Å². The number of quaternary nitrogens is 2. The fourth-order valence-corrected chi connectivity index (χ4v) is 6.87. The topological polar surface area (TPSA) is 0 Å². The Morgan fingerprint density at radius 1 is 0.382 bits per heavy atom. The molecule has 0 aromatic rings. The van der Waals surface area contributed by atoms with Gasteiger partial charge in [0.25, 0.3) is 0 Å². The molecule has 1 aliphatic carbocycles. The molecule has 0 aromatic carbocycles. The molecule has 0 saturated heterocycles. The van der Waals surface area contributed by atoms with Crippen molar-refractivity contribution >= 4 is 0 Å². The highest BCUT2D eigenvalue weighted by atomic mass is 15.4. The normalized spacial score (nSPS) is 19.6. The van der Waals surface area contributed by atoms with Gasteiger partial charge in [-0.2, -0.15) is 0 Å². The number of hydrogen-bond donors (Lipinski definition) is 0. The first-order chi connectivity index (χ1) is 16.5. The van der Waals surface area contributed by atoms with Crippen LogP contribution in [0.3, 0.4) is 0 Å². The lowest BCUT2D eigenvalue weighted by Crippen LogP contribution is -2.54. The third-order valence-corrected chi connectivity index (χ3v) is 9.17. The Balaban J connectivity index is 2.79. The molecule has 0 N–H and O–H groups in total. The number of rotatable bonds is 22. The maximum atomic E-state index is 2.39. The zero-order valence-corrected chi connectivity index (χ0v) is 25.0. The van der Waals surface area contributed by atoms with Crippen molar-refractivity contribution in [3.8, 4) is 0 Å². The van der Waals surface area contributed by atoms with Crippen molar-refractivity contribution in [2.24, 2.45) is 11.8 Å². The van der Waals surface area contributed by atoms with E-state index in [-0.39, 0.29) is 0 Å². The van der Waals surface area contributed by atoms with Gasteiger partial charge in [0.15, 0.2) is 0 Å². The molecule has 0 atom stereocenters. The van der Waals surface area contributed by atoms with Gasteiger partial charge in [0, 0.05) is 11.8 Å². The first-order valence-corrected chi connectivity index (χ1v) is 16.2. The van der Waals surface area contributed by atoms with E-state index in [4.69, 9.17) is 0 Å². The van der Waals surface area contributed by atoms with Crippen molar-refractivity contribution in [1.82, 2.24) is 0 Å². The quantitative estimate of drug-likeness (QED) is 0.135. The van der Waals surface area contributed by atoms with Crippen molar-refractivity contribution in [3.05, 3.63) is 0 Å². The van der Waals surface area contributed by atoms with Gasteiger partial charge in [0.05, 0.1) is 52.4 Å². The lowest BCUT2D eigenvalue weighted by molar-refractivity contribution is -0.933. The number of hydrogen-bond acceptors (Lipinski definition) is 0. The molecular formula is C32H68N2+2. The van der Waals surface area contributed by atoms with Crippen molar-refractivity contribution < 1.29 is 8.97 Å². The van der Waals surface area contributed by atoms with Crippen LogP contribution in [-0.2, 0) is 0 Å². The molecule has 0 radical (unpaired) electrons. The maximum absolute atomic E-state index is 2.39. The predicted octanol–water partition coefficient (Wildman–Crippen LogP) is 9.23. The molecule has 2 nitrogen and oxygen atoms in total. The summed E-state index contributed by atoms with van der Waals surface area (Å²) in [7, 11) is 0.